The highest BCUT2D eigenvalue weighted by Crippen LogP contribution is 2.33. The number of carbonyl (C=O) groups is 1. The van der Waals surface area contributed by atoms with Crippen LogP contribution in [-0.4, -0.2) is 29.1 Å². The minimum absolute atomic E-state index is 0.0165. The summed E-state index contributed by atoms with van der Waals surface area (Å²) in [5, 5.41) is 3.04. The van der Waals surface area contributed by atoms with Gasteiger partial charge >= 0.3 is 0 Å². The Bertz CT molecular complexity index is 960. The second-order valence-electron chi connectivity index (χ2n) is 8.01. The van der Waals surface area contributed by atoms with Crippen molar-refractivity contribution in [3.8, 4) is 11.6 Å². The van der Waals surface area contributed by atoms with Gasteiger partial charge in [-0.05, 0) is 49.4 Å². The summed E-state index contributed by atoms with van der Waals surface area (Å²) in [6.07, 6.45) is 4.61. The molecular weight excluding hydrogens is 354 g/mol. The fourth-order valence-electron chi connectivity index (χ4n) is 3.67. The van der Waals surface area contributed by atoms with Gasteiger partial charge in [-0.25, -0.2) is 4.98 Å². The zero-order valence-electron chi connectivity index (χ0n) is 16.3. The van der Waals surface area contributed by atoms with Crippen LogP contribution in [0.3, 0.4) is 0 Å². The Morgan fingerprint density at radius 1 is 1.21 bits per heavy atom. The number of anilines is 1. The highest BCUT2D eigenvalue weighted by Gasteiger charge is 2.31. The van der Waals surface area contributed by atoms with E-state index in [1.165, 1.54) is 0 Å². The number of benzene rings is 1. The normalized spacial score (nSPS) is 15.6. The van der Waals surface area contributed by atoms with E-state index in [1.807, 2.05) is 50.2 Å². The van der Waals surface area contributed by atoms with E-state index in [1.54, 1.807) is 6.20 Å². The number of ether oxygens (including phenoxy) is 1. The fourth-order valence-corrected chi connectivity index (χ4v) is 3.67. The van der Waals surface area contributed by atoms with Crippen molar-refractivity contribution in [2.75, 3.05) is 18.5 Å². The Morgan fingerprint density at radius 3 is 2.79 bits per heavy atom. The summed E-state index contributed by atoms with van der Waals surface area (Å²) < 4.78 is 11.3. The number of hydrogen-bond donors (Lipinski definition) is 1. The lowest BCUT2D eigenvalue weighted by Crippen LogP contribution is -2.34. The number of rotatable bonds is 5. The molecule has 0 unspecified atom stereocenters. The summed E-state index contributed by atoms with van der Waals surface area (Å²) in [5.74, 6) is 1.02. The van der Waals surface area contributed by atoms with Crippen molar-refractivity contribution >= 4 is 22.7 Å². The molecule has 1 saturated heterocycles. The molecule has 1 fully saturated rings. The number of fused-ring (bicyclic) bond motifs is 1. The van der Waals surface area contributed by atoms with Gasteiger partial charge in [0, 0.05) is 36.6 Å². The number of nitrogens with one attached hydrogen (secondary N) is 1. The molecule has 0 atom stereocenters. The Balaban J connectivity index is 1.48. The molecule has 0 radical (unpaired) electrons. The Kier molecular flexibility index (Phi) is 5.13. The van der Waals surface area contributed by atoms with E-state index in [2.05, 4.69) is 15.3 Å². The summed E-state index contributed by atoms with van der Waals surface area (Å²) in [6.45, 7) is 5.60. The van der Waals surface area contributed by atoms with Crippen molar-refractivity contribution < 1.29 is 13.9 Å². The number of carbonyl (C=O) groups excluding carboxylic acids is 1. The third kappa shape index (κ3) is 4.07. The standard InChI is InChI=1S/C22H25N3O3/c1-22(2,14-15-8-11-27-12-9-15)21(26)24-16-6-7-17-19(13-16)28-20(25-17)18-5-3-4-10-23-18/h3-7,10,13,15H,8-9,11-12,14H2,1-2H3,(H,24,26). The van der Waals surface area contributed by atoms with Crippen LogP contribution in [0.2, 0.25) is 0 Å². The van der Waals surface area contributed by atoms with Gasteiger partial charge in [-0.3, -0.25) is 9.78 Å². The van der Waals surface area contributed by atoms with Gasteiger partial charge in [-0.2, -0.15) is 0 Å². The summed E-state index contributed by atoms with van der Waals surface area (Å²) in [4.78, 5) is 21.6. The zero-order chi connectivity index (χ0) is 19.6. The second-order valence-corrected chi connectivity index (χ2v) is 8.01. The van der Waals surface area contributed by atoms with Crippen LogP contribution < -0.4 is 5.32 Å². The van der Waals surface area contributed by atoms with Crippen LogP contribution in [0.15, 0.2) is 47.0 Å². The largest absolute Gasteiger partial charge is 0.435 e. The van der Waals surface area contributed by atoms with E-state index in [0.717, 1.165) is 38.0 Å². The first-order chi connectivity index (χ1) is 13.5. The van der Waals surface area contributed by atoms with Crippen LogP contribution in [0.25, 0.3) is 22.7 Å². The molecule has 1 aromatic carbocycles. The second kappa shape index (κ2) is 7.72. The minimum atomic E-state index is -0.447. The number of nitrogens with zero attached hydrogens (tertiary/aromatic N) is 2. The highest BCUT2D eigenvalue weighted by atomic mass is 16.5. The van der Waals surface area contributed by atoms with Gasteiger partial charge in [-0.15, -0.1) is 0 Å². The van der Waals surface area contributed by atoms with E-state index in [4.69, 9.17) is 9.15 Å². The lowest BCUT2D eigenvalue weighted by Gasteiger charge is -2.30. The van der Waals surface area contributed by atoms with Gasteiger partial charge < -0.3 is 14.5 Å². The predicted octanol–water partition coefficient (Wildman–Crippen LogP) is 4.67. The lowest BCUT2D eigenvalue weighted by molar-refractivity contribution is -0.125. The quantitative estimate of drug-likeness (QED) is 0.697. The third-order valence-corrected chi connectivity index (χ3v) is 5.28. The average molecular weight is 379 g/mol. The number of amides is 1. The molecular formula is C22H25N3O3. The molecule has 1 aliphatic heterocycles. The van der Waals surface area contributed by atoms with E-state index < -0.39 is 5.41 Å². The molecule has 0 saturated carbocycles. The van der Waals surface area contributed by atoms with Gasteiger partial charge in [0.05, 0.1) is 0 Å². The van der Waals surface area contributed by atoms with Crippen molar-refractivity contribution in [2.45, 2.75) is 33.1 Å². The Labute approximate surface area is 164 Å². The fraction of sp³-hybridized carbons (Fsp3) is 0.409. The molecule has 6 heteroatoms. The van der Waals surface area contributed by atoms with Gasteiger partial charge in [-0.1, -0.05) is 19.9 Å². The van der Waals surface area contributed by atoms with Crippen LogP contribution in [0, 0.1) is 11.3 Å². The molecule has 1 amide bonds. The topological polar surface area (TPSA) is 77.2 Å². The maximum absolute atomic E-state index is 12.9. The van der Waals surface area contributed by atoms with Crippen LogP contribution in [0.1, 0.15) is 33.1 Å². The predicted molar refractivity (Wildman–Crippen MR) is 108 cm³/mol. The summed E-state index contributed by atoms with van der Waals surface area (Å²) in [5.41, 5.74) is 2.31. The van der Waals surface area contributed by atoms with Gasteiger partial charge in [0.25, 0.3) is 0 Å². The molecule has 3 aromatic rings. The summed E-state index contributed by atoms with van der Waals surface area (Å²) in [7, 11) is 0. The van der Waals surface area contributed by atoms with Crippen molar-refractivity contribution in [3.63, 3.8) is 0 Å². The van der Waals surface area contributed by atoms with E-state index in [9.17, 15) is 4.79 Å². The third-order valence-electron chi connectivity index (χ3n) is 5.28. The zero-order valence-corrected chi connectivity index (χ0v) is 16.3. The van der Waals surface area contributed by atoms with Crippen molar-refractivity contribution in [3.05, 3.63) is 42.6 Å². The van der Waals surface area contributed by atoms with Crippen molar-refractivity contribution in [1.29, 1.82) is 0 Å². The molecule has 6 nitrogen and oxygen atoms in total. The van der Waals surface area contributed by atoms with Crippen molar-refractivity contribution in [2.24, 2.45) is 11.3 Å². The van der Waals surface area contributed by atoms with Gasteiger partial charge in [0.15, 0.2) is 5.58 Å². The number of oxazole rings is 1. The molecule has 146 valence electrons. The maximum Gasteiger partial charge on any atom is 0.246 e. The molecule has 28 heavy (non-hydrogen) atoms. The van der Waals surface area contributed by atoms with Crippen LogP contribution in [-0.2, 0) is 9.53 Å². The lowest BCUT2D eigenvalue weighted by atomic mass is 9.79. The number of pyridine rings is 1. The Hall–Kier alpha value is -2.73. The van der Waals surface area contributed by atoms with E-state index in [0.29, 0.717) is 28.8 Å². The maximum atomic E-state index is 12.9. The van der Waals surface area contributed by atoms with Crippen LogP contribution >= 0.6 is 0 Å². The first kappa shape index (κ1) is 18.6. The van der Waals surface area contributed by atoms with E-state index >= 15 is 0 Å². The molecule has 0 aliphatic carbocycles. The van der Waals surface area contributed by atoms with Gasteiger partial charge in [0.2, 0.25) is 11.8 Å². The van der Waals surface area contributed by atoms with Crippen molar-refractivity contribution in [1.82, 2.24) is 9.97 Å². The summed E-state index contributed by atoms with van der Waals surface area (Å²) in [6, 6.07) is 11.1. The highest BCUT2D eigenvalue weighted by molar-refractivity contribution is 5.96. The molecule has 1 N–H and O–H groups in total. The monoisotopic (exact) mass is 379 g/mol. The van der Waals surface area contributed by atoms with E-state index in [-0.39, 0.29) is 5.91 Å². The van der Waals surface area contributed by atoms with Gasteiger partial charge in [0.1, 0.15) is 11.2 Å². The first-order valence-corrected chi connectivity index (χ1v) is 9.72. The van der Waals surface area contributed by atoms with Crippen LogP contribution in [0.5, 0.6) is 0 Å². The van der Waals surface area contributed by atoms with Crippen LogP contribution in [0.4, 0.5) is 5.69 Å². The SMILES string of the molecule is CC(C)(CC1CCOCC1)C(=O)Nc1ccc2nc(-c3ccccn3)oc2c1. The first-order valence-electron chi connectivity index (χ1n) is 9.72. The minimum Gasteiger partial charge on any atom is -0.435 e. The molecule has 3 heterocycles. The molecule has 0 spiro atoms. The smallest absolute Gasteiger partial charge is 0.246 e. The average Bonchev–Trinajstić information content (AvgIpc) is 3.12. The number of aromatic nitrogens is 2. The molecule has 0 bridgehead atoms. The molecule has 2 aromatic heterocycles. The Morgan fingerprint density at radius 2 is 2.04 bits per heavy atom. The summed E-state index contributed by atoms with van der Waals surface area (Å²) >= 11 is 0. The number of hydrogen-bond acceptors (Lipinski definition) is 5. The molecule has 1 aliphatic rings. The molecule has 4 rings (SSSR count).